The number of amides is 2. The van der Waals surface area contributed by atoms with E-state index < -0.39 is 0 Å². The fourth-order valence-electron chi connectivity index (χ4n) is 4.77. The minimum absolute atomic E-state index is 0.0794. The maximum absolute atomic E-state index is 12.7. The summed E-state index contributed by atoms with van der Waals surface area (Å²) in [5, 5.41) is 14.9. The predicted octanol–water partition coefficient (Wildman–Crippen LogP) is 1.78. The standard InChI is InChI=1S/C18H16N2O3/c21-14-4-2-1-3-9(14)8-19-20-17(22)15-10-5-6-11(13-7-12(10)13)16(15)18(20)23/h1-6,8,10-13,15-16,21H,7H2/t10-,11-,12-,13-,15-,16+/m0/s1. The van der Waals surface area contributed by atoms with Crippen LogP contribution in [0.5, 0.6) is 5.75 Å². The van der Waals surface area contributed by atoms with E-state index in [9.17, 15) is 14.7 Å². The van der Waals surface area contributed by atoms with Crippen molar-refractivity contribution in [2.75, 3.05) is 0 Å². The first kappa shape index (κ1) is 13.0. The summed E-state index contributed by atoms with van der Waals surface area (Å²) in [4.78, 5) is 25.4. The van der Waals surface area contributed by atoms with Crippen molar-refractivity contribution in [3.8, 4) is 5.75 Å². The van der Waals surface area contributed by atoms with Crippen LogP contribution in [0.4, 0.5) is 0 Å². The van der Waals surface area contributed by atoms with Gasteiger partial charge in [0.15, 0.2) is 0 Å². The van der Waals surface area contributed by atoms with Crippen LogP contribution in [0.2, 0.25) is 0 Å². The molecule has 0 unspecified atom stereocenters. The molecule has 1 saturated heterocycles. The second-order valence-electron chi connectivity index (χ2n) is 6.95. The van der Waals surface area contributed by atoms with Gasteiger partial charge in [-0.3, -0.25) is 9.59 Å². The van der Waals surface area contributed by atoms with Gasteiger partial charge in [-0.15, -0.1) is 0 Å². The number of hydrogen-bond donors (Lipinski definition) is 1. The molecule has 0 aromatic heterocycles. The van der Waals surface area contributed by atoms with Crippen LogP contribution in [-0.2, 0) is 9.59 Å². The van der Waals surface area contributed by atoms with Gasteiger partial charge in [0.1, 0.15) is 5.75 Å². The summed E-state index contributed by atoms with van der Waals surface area (Å²) >= 11 is 0. The summed E-state index contributed by atoms with van der Waals surface area (Å²) in [5.74, 6) is 0.831. The molecule has 1 aromatic carbocycles. The fourth-order valence-corrected chi connectivity index (χ4v) is 4.77. The quantitative estimate of drug-likeness (QED) is 0.514. The second-order valence-corrected chi connectivity index (χ2v) is 6.95. The van der Waals surface area contributed by atoms with E-state index in [0.29, 0.717) is 17.4 Å². The lowest BCUT2D eigenvalue weighted by atomic mass is 9.63. The Kier molecular flexibility index (Phi) is 2.45. The lowest BCUT2D eigenvalue weighted by Crippen LogP contribution is -2.40. The van der Waals surface area contributed by atoms with E-state index in [0.717, 1.165) is 11.4 Å². The Morgan fingerprint density at radius 1 is 1.04 bits per heavy atom. The van der Waals surface area contributed by atoms with Gasteiger partial charge in [0.2, 0.25) is 0 Å². The summed E-state index contributed by atoms with van der Waals surface area (Å²) in [5.41, 5.74) is 0.493. The Balaban J connectivity index is 1.47. The first-order valence-electron chi connectivity index (χ1n) is 8.05. The van der Waals surface area contributed by atoms with E-state index in [1.807, 2.05) is 0 Å². The van der Waals surface area contributed by atoms with Crippen molar-refractivity contribution >= 4 is 18.0 Å². The Labute approximate surface area is 133 Å². The molecule has 3 fully saturated rings. The summed E-state index contributed by atoms with van der Waals surface area (Å²) in [6.45, 7) is 0. The molecule has 0 radical (unpaired) electrons. The minimum Gasteiger partial charge on any atom is -0.507 e. The van der Waals surface area contributed by atoms with Crippen LogP contribution in [0.1, 0.15) is 12.0 Å². The van der Waals surface area contributed by atoms with E-state index >= 15 is 0 Å². The first-order valence-corrected chi connectivity index (χ1v) is 8.05. The molecule has 5 aliphatic rings. The topological polar surface area (TPSA) is 70.0 Å². The molecule has 2 amide bonds. The summed E-state index contributed by atoms with van der Waals surface area (Å²) in [7, 11) is 0. The predicted molar refractivity (Wildman–Crippen MR) is 82.3 cm³/mol. The van der Waals surface area contributed by atoms with Gasteiger partial charge in [0.25, 0.3) is 11.8 Å². The number of nitrogens with zero attached hydrogens (tertiary/aromatic N) is 2. The Hall–Kier alpha value is -2.43. The Morgan fingerprint density at radius 3 is 2.26 bits per heavy atom. The number of carbonyl (C=O) groups excluding carboxylic acids is 2. The molecule has 5 nitrogen and oxygen atoms in total. The molecule has 2 saturated carbocycles. The van der Waals surface area contributed by atoms with Gasteiger partial charge < -0.3 is 5.11 Å². The fraction of sp³-hybridized carbons (Fsp3) is 0.389. The van der Waals surface area contributed by atoms with Gasteiger partial charge in [-0.2, -0.15) is 10.1 Å². The third-order valence-electron chi connectivity index (χ3n) is 5.89. The number of hydrogen-bond acceptors (Lipinski definition) is 4. The average molecular weight is 308 g/mol. The van der Waals surface area contributed by atoms with E-state index in [-0.39, 0.29) is 41.2 Å². The highest BCUT2D eigenvalue weighted by molar-refractivity contribution is 6.06. The van der Waals surface area contributed by atoms with Crippen molar-refractivity contribution in [3.05, 3.63) is 42.0 Å². The molecule has 1 aliphatic heterocycles. The first-order chi connectivity index (χ1) is 11.2. The van der Waals surface area contributed by atoms with Gasteiger partial charge in [0.05, 0.1) is 18.1 Å². The molecule has 0 spiro atoms. The van der Waals surface area contributed by atoms with Crippen molar-refractivity contribution in [1.82, 2.24) is 5.01 Å². The van der Waals surface area contributed by atoms with Crippen molar-refractivity contribution in [2.24, 2.45) is 40.6 Å². The zero-order chi connectivity index (χ0) is 15.7. The number of aromatic hydroxyl groups is 1. The van der Waals surface area contributed by atoms with E-state index in [4.69, 9.17) is 0 Å². The number of para-hydroxylation sites is 1. The number of allylic oxidation sites excluding steroid dienone is 2. The zero-order valence-electron chi connectivity index (χ0n) is 12.4. The van der Waals surface area contributed by atoms with Crippen LogP contribution >= 0.6 is 0 Å². The maximum Gasteiger partial charge on any atom is 0.254 e. The zero-order valence-corrected chi connectivity index (χ0v) is 12.4. The lowest BCUT2D eigenvalue weighted by Gasteiger charge is -2.37. The molecular weight excluding hydrogens is 292 g/mol. The number of carbonyl (C=O) groups is 2. The molecule has 6 rings (SSSR count). The number of benzene rings is 1. The second kappa shape index (κ2) is 4.31. The van der Waals surface area contributed by atoms with Gasteiger partial charge in [-0.05, 0) is 42.2 Å². The molecule has 4 aliphatic carbocycles. The number of imide groups is 1. The van der Waals surface area contributed by atoms with Crippen molar-refractivity contribution in [2.45, 2.75) is 6.42 Å². The number of hydrazone groups is 1. The molecule has 6 atom stereocenters. The molecule has 23 heavy (non-hydrogen) atoms. The summed E-state index contributed by atoms with van der Waals surface area (Å²) in [6, 6.07) is 6.72. The van der Waals surface area contributed by atoms with Crippen LogP contribution in [0, 0.1) is 35.5 Å². The summed E-state index contributed by atoms with van der Waals surface area (Å²) in [6.07, 6.45) is 6.82. The molecule has 5 heteroatoms. The maximum atomic E-state index is 12.7. The number of phenolic OH excluding ortho intramolecular Hbond substituents is 1. The van der Waals surface area contributed by atoms with Crippen LogP contribution < -0.4 is 0 Å². The highest BCUT2D eigenvalue weighted by atomic mass is 16.3. The van der Waals surface area contributed by atoms with E-state index in [2.05, 4.69) is 17.3 Å². The largest absolute Gasteiger partial charge is 0.507 e. The van der Waals surface area contributed by atoms with Gasteiger partial charge in [-0.1, -0.05) is 24.3 Å². The van der Waals surface area contributed by atoms with Crippen molar-refractivity contribution in [1.29, 1.82) is 0 Å². The van der Waals surface area contributed by atoms with Gasteiger partial charge in [0, 0.05) is 5.56 Å². The minimum atomic E-state index is -0.234. The Morgan fingerprint density at radius 2 is 1.65 bits per heavy atom. The third kappa shape index (κ3) is 1.65. The molecule has 1 heterocycles. The third-order valence-corrected chi connectivity index (χ3v) is 5.89. The van der Waals surface area contributed by atoms with Gasteiger partial charge in [-0.25, -0.2) is 0 Å². The number of phenols is 1. The van der Waals surface area contributed by atoms with Crippen LogP contribution in [0.15, 0.2) is 41.5 Å². The summed E-state index contributed by atoms with van der Waals surface area (Å²) < 4.78 is 0. The highest BCUT2D eigenvalue weighted by Crippen LogP contribution is 2.65. The molecule has 1 N–H and O–H groups in total. The van der Waals surface area contributed by atoms with Crippen molar-refractivity contribution < 1.29 is 14.7 Å². The van der Waals surface area contributed by atoms with Gasteiger partial charge >= 0.3 is 0 Å². The van der Waals surface area contributed by atoms with E-state index in [1.54, 1.807) is 24.3 Å². The molecule has 2 bridgehead atoms. The molecule has 116 valence electrons. The van der Waals surface area contributed by atoms with Crippen LogP contribution in [0.25, 0.3) is 0 Å². The van der Waals surface area contributed by atoms with Crippen LogP contribution in [0.3, 0.4) is 0 Å². The SMILES string of the molecule is O=C1[C@@H]2[C@H]3C=C[C@@H]([C@@H]4C[C@@H]34)[C@@H]2C(=O)N1N=Cc1ccccc1O. The highest BCUT2D eigenvalue weighted by Gasteiger charge is 2.67. The van der Waals surface area contributed by atoms with Crippen molar-refractivity contribution in [3.63, 3.8) is 0 Å². The normalized spacial score (nSPS) is 39.9. The number of rotatable bonds is 2. The molecule has 1 aromatic rings. The Bertz CT molecular complexity index is 748. The lowest BCUT2D eigenvalue weighted by molar-refractivity contribution is -0.140. The van der Waals surface area contributed by atoms with E-state index in [1.165, 1.54) is 6.21 Å². The smallest absolute Gasteiger partial charge is 0.254 e. The molecular formula is C18H16N2O3. The average Bonchev–Trinajstić information content (AvgIpc) is 3.33. The van der Waals surface area contributed by atoms with Crippen LogP contribution in [-0.4, -0.2) is 28.1 Å². The monoisotopic (exact) mass is 308 g/mol.